The molecule has 0 aliphatic carbocycles. The monoisotopic (exact) mass is 667 g/mol. The second-order valence-electron chi connectivity index (χ2n) is 12.4. The number of carboxylic acid groups (broad SMARTS) is 1. The molecule has 1 unspecified atom stereocenters. The van der Waals surface area contributed by atoms with E-state index in [4.69, 9.17) is 10.5 Å². The smallest absolute Gasteiger partial charge is 0.429 e. The van der Waals surface area contributed by atoms with E-state index in [-0.39, 0.29) is 41.7 Å². The van der Waals surface area contributed by atoms with E-state index in [2.05, 4.69) is 20.4 Å². The fourth-order valence-electron chi connectivity index (χ4n) is 6.56. The molecule has 6 rings (SSSR count). The number of halogens is 3. The molecule has 2 saturated heterocycles. The minimum atomic E-state index is -4.88. The Morgan fingerprint density at radius 2 is 1.77 bits per heavy atom. The predicted molar refractivity (Wildman–Crippen MR) is 169 cm³/mol. The first-order valence-corrected chi connectivity index (χ1v) is 15.5. The molecule has 2 aromatic carbocycles. The molecular formula is C33H36F3N7O5. The number of nitrogens with two attached hydrogens (primary N) is 1. The zero-order chi connectivity index (χ0) is 34.2. The molecule has 254 valence electrons. The Morgan fingerprint density at radius 1 is 1.06 bits per heavy atom. The van der Waals surface area contributed by atoms with Crippen LogP contribution in [0.1, 0.15) is 47.8 Å². The lowest BCUT2D eigenvalue weighted by molar-refractivity contribution is -0.198. The maximum Gasteiger partial charge on any atom is 0.429 e. The zero-order valence-corrected chi connectivity index (χ0v) is 26.1. The number of aliphatic carboxylic acids is 1. The van der Waals surface area contributed by atoms with E-state index < -0.39 is 24.3 Å². The van der Waals surface area contributed by atoms with Gasteiger partial charge < -0.3 is 36.0 Å². The number of nitrogens with zero attached hydrogens (tertiary/aromatic N) is 5. The lowest BCUT2D eigenvalue weighted by Crippen LogP contribution is -2.41. The van der Waals surface area contributed by atoms with Crippen molar-refractivity contribution in [2.24, 2.45) is 5.41 Å². The average Bonchev–Trinajstić information content (AvgIpc) is 3.69. The van der Waals surface area contributed by atoms with Gasteiger partial charge in [0.25, 0.3) is 0 Å². The Labute approximate surface area is 274 Å². The number of aryl methyl sites for hydroxylation is 1. The van der Waals surface area contributed by atoms with Gasteiger partial charge in [0.2, 0.25) is 17.9 Å². The lowest BCUT2D eigenvalue weighted by atomic mass is 9.76. The third kappa shape index (κ3) is 6.79. The largest absolute Gasteiger partial charge is 0.480 e. The number of rotatable bonds is 9. The highest BCUT2D eigenvalue weighted by molar-refractivity contribution is 5.74. The summed E-state index contributed by atoms with van der Waals surface area (Å²) in [6, 6.07) is 11.9. The number of aliphatic hydroxyl groups is 2. The van der Waals surface area contributed by atoms with Crippen molar-refractivity contribution in [2.75, 3.05) is 30.3 Å². The standard InChI is InChI=1S/C33H36F3N7O5/c1-19-6-9-43(41-19)26-13-21(20-2-3-22(16-44)23(12-20)17-45)4-5-24(26)29(33(34,35)36)48-28-14-27(39-31(37)40-28)42-10-7-32(8-11-42)15-25(30(46)47)38-18-32/h2-6,9,12-14,25,29,38,44-45H,7-8,10-11,15-18H2,1H3,(H,46,47)(H2,37,39,40)/t25-,29?/m0/s1. The van der Waals surface area contributed by atoms with E-state index in [0.717, 1.165) is 0 Å². The molecule has 2 aliphatic heterocycles. The second kappa shape index (κ2) is 13.1. The van der Waals surface area contributed by atoms with Crippen LogP contribution in [-0.4, -0.2) is 72.9 Å². The summed E-state index contributed by atoms with van der Waals surface area (Å²) >= 11 is 0. The minimum absolute atomic E-state index is 0.119. The topological polar surface area (TPSA) is 172 Å². The van der Waals surface area contributed by atoms with Crippen LogP contribution in [0.3, 0.4) is 0 Å². The van der Waals surface area contributed by atoms with E-state index in [1.54, 1.807) is 43.5 Å². The average molecular weight is 668 g/mol. The van der Waals surface area contributed by atoms with Crippen LogP contribution in [0.2, 0.25) is 0 Å². The van der Waals surface area contributed by atoms with Gasteiger partial charge in [-0.2, -0.15) is 28.2 Å². The number of hydrogen-bond acceptors (Lipinski definition) is 10. The van der Waals surface area contributed by atoms with Crippen molar-refractivity contribution in [1.29, 1.82) is 0 Å². The van der Waals surface area contributed by atoms with Gasteiger partial charge >= 0.3 is 12.1 Å². The van der Waals surface area contributed by atoms with Crippen LogP contribution >= 0.6 is 0 Å². The second-order valence-corrected chi connectivity index (χ2v) is 12.4. The van der Waals surface area contributed by atoms with E-state index >= 15 is 0 Å². The number of aromatic nitrogens is 4. The molecular weight excluding hydrogens is 631 g/mol. The number of ether oxygens (including phenoxy) is 1. The highest BCUT2D eigenvalue weighted by Crippen LogP contribution is 2.43. The molecule has 0 radical (unpaired) electrons. The highest BCUT2D eigenvalue weighted by Gasteiger charge is 2.46. The third-order valence-electron chi connectivity index (χ3n) is 9.21. The van der Waals surface area contributed by atoms with Crippen LogP contribution in [0.4, 0.5) is 24.9 Å². The van der Waals surface area contributed by atoms with E-state index in [0.29, 0.717) is 72.7 Å². The van der Waals surface area contributed by atoms with Crippen LogP contribution in [0.25, 0.3) is 16.8 Å². The molecule has 4 aromatic rings. The number of carboxylic acids is 1. The van der Waals surface area contributed by atoms with E-state index in [1.807, 2.05) is 4.90 Å². The molecule has 0 amide bonds. The van der Waals surface area contributed by atoms with Gasteiger partial charge in [0.15, 0.2) is 0 Å². The molecule has 15 heteroatoms. The number of alkyl halides is 3. The Balaban J connectivity index is 1.32. The number of piperidine rings is 1. The number of benzene rings is 2. The molecule has 0 bridgehead atoms. The van der Waals surface area contributed by atoms with Crippen LogP contribution < -0.4 is 20.7 Å². The summed E-state index contributed by atoms with van der Waals surface area (Å²) in [5, 5.41) is 36.2. The summed E-state index contributed by atoms with van der Waals surface area (Å²) in [5.41, 5.74) is 8.52. The van der Waals surface area contributed by atoms with Gasteiger partial charge in [-0.25, -0.2) is 4.68 Å². The predicted octanol–water partition coefficient (Wildman–Crippen LogP) is 3.92. The Morgan fingerprint density at radius 3 is 2.40 bits per heavy atom. The first kappa shape index (κ1) is 33.2. The van der Waals surface area contributed by atoms with Crippen LogP contribution in [0, 0.1) is 12.3 Å². The van der Waals surface area contributed by atoms with Crippen molar-refractivity contribution in [3.63, 3.8) is 0 Å². The number of hydrogen-bond donors (Lipinski definition) is 5. The Hall–Kier alpha value is -4.73. The van der Waals surface area contributed by atoms with E-state index in [1.165, 1.54) is 22.9 Å². The van der Waals surface area contributed by atoms with Crippen molar-refractivity contribution in [3.05, 3.63) is 77.1 Å². The van der Waals surface area contributed by atoms with Gasteiger partial charge in [-0.05, 0) is 72.1 Å². The summed E-state index contributed by atoms with van der Waals surface area (Å²) in [7, 11) is 0. The van der Waals surface area contributed by atoms with E-state index in [9.17, 15) is 33.3 Å². The van der Waals surface area contributed by atoms with Crippen molar-refractivity contribution in [3.8, 4) is 22.7 Å². The summed E-state index contributed by atoms with van der Waals surface area (Å²) in [5.74, 6) is -1.17. The number of nitrogen functional groups attached to an aromatic ring is 1. The molecule has 2 fully saturated rings. The zero-order valence-electron chi connectivity index (χ0n) is 26.1. The Bertz CT molecular complexity index is 1810. The van der Waals surface area contributed by atoms with Crippen LogP contribution in [-0.2, 0) is 18.0 Å². The van der Waals surface area contributed by atoms with Crippen molar-refractivity contribution in [1.82, 2.24) is 25.1 Å². The molecule has 0 saturated carbocycles. The molecule has 2 aromatic heterocycles. The quantitative estimate of drug-likeness (QED) is 0.175. The summed E-state index contributed by atoms with van der Waals surface area (Å²) < 4.78 is 51.6. The van der Waals surface area contributed by atoms with Gasteiger partial charge in [-0.3, -0.25) is 4.79 Å². The van der Waals surface area contributed by atoms with Gasteiger partial charge in [0.1, 0.15) is 11.9 Å². The number of aliphatic hydroxyl groups excluding tert-OH is 2. The molecule has 2 aliphatic rings. The first-order chi connectivity index (χ1) is 22.9. The summed E-state index contributed by atoms with van der Waals surface area (Å²) in [4.78, 5) is 21.6. The normalized spacial score (nSPS) is 18.3. The van der Waals surface area contributed by atoms with Crippen molar-refractivity contribution in [2.45, 2.75) is 57.7 Å². The molecule has 1 spiro atoms. The highest BCUT2D eigenvalue weighted by atomic mass is 19.4. The molecule has 12 nitrogen and oxygen atoms in total. The number of anilines is 2. The molecule has 48 heavy (non-hydrogen) atoms. The van der Waals surface area contributed by atoms with Gasteiger partial charge in [-0.15, -0.1) is 0 Å². The number of nitrogens with one attached hydrogen (secondary N) is 1. The van der Waals surface area contributed by atoms with Gasteiger partial charge in [0, 0.05) is 37.5 Å². The molecule has 6 N–H and O–H groups in total. The van der Waals surface area contributed by atoms with Gasteiger partial charge in [0.05, 0.1) is 24.6 Å². The van der Waals surface area contributed by atoms with Crippen molar-refractivity contribution >= 4 is 17.7 Å². The Kier molecular flexibility index (Phi) is 9.02. The molecule has 4 heterocycles. The van der Waals surface area contributed by atoms with Gasteiger partial charge in [-0.1, -0.05) is 24.3 Å². The fraction of sp³-hybridized carbons (Fsp3) is 0.394. The summed E-state index contributed by atoms with van der Waals surface area (Å²) in [6.07, 6.45) is -3.91. The minimum Gasteiger partial charge on any atom is -0.480 e. The third-order valence-corrected chi connectivity index (χ3v) is 9.21. The SMILES string of the molecule is Cc1ccn(-c2cc(-c3ccc(CO)c(CO)c3)ccc2C(Oc2cc(N3CCC4(CC3)CN[C@H](C(=O)O)C4)nc(N)n2)C(F)(F)F)n1. The fourth-order valence-corrected chi connectivity index (χ4v) is 6.56. The van der Waals surface area contributed by atoms with Crippen molar-refractivity contribution < 1.29 is 38.0 Å². The summed E-state index contributed by atoms with van der Waals surface area (Å²) in [6.45, 7) is 2.74. The van der Waals surface area contributed by atoms with Crippen LogP contribution in [0.15, 0.2) is 54.7 Å². The first-order valence-electron chi connectivity index (χ1n) is 15.5. The number of carbonyl (C=O) groups is 1. The molecule has 2 atom stereocenters. The maximum atomic E-state index is 14.9. The van der Waals surface area contributed by atoms with Crippen LogP contribution in [0.5, 0.6) is 5.88 Å². The maximum absolute atomic E-state index is 14.9. The lowest BCUT2D eigenvalue weighted by Gasteiger charge is -2.39.